The summed E-state index contributed by atoms with van der Waals surface area (Å²) in [5.74, 6) is 8.04. The predicted molar refractivity (Wildman–Crippen MR) is 308 cm³/mol. The average Bonchev–Trinajstić information content (AvgIpc) is 3.19. The Morgan fingerprint density at radius 1 is 0.297 bits per heavy atom. The van der Waals surface area contributed by atoms with Gasteiger partial charge in [-0.05, 0) is 106 Å². The highest BCUT2D eigenvalue weighted by atomic mass is 19.1. The molecule has 0 N–H and O–H groups in total. The van der Waals surface area contributed by atoms with Crippen molar-refractivity contribution in [3.05, 3.63) is 106 Å². The summed E-state index contributed by atoms with van der Waals surface area (Å²) < 4.78 is 12.6. The first-order valence-corrected chi connectivity index (χ1v) is 23.7. The molecule has 4 fully saturated rings. The highest BCUT2D eigenvalue weighted by Gasteiger charge is 2.15. The summed E-state index contributed by atoms with van der Waals surface area (Å²) in [7, 11) is 0. The third kappa shape index (κ3) is 41.1. The van der Waals surface area contributed by atoms with Crippen LogP contribution in [0, 0.1) is 94.7 Å². The summed E-state index contributed by atoms with van der Waals surface area (Å²) in [4.78, 5) is 0. The molecular weight excluding hydrogens is 776 g/mol. The fourth-order valence-corrected chi connectivity index (χ4v) is 7.68. The first kappa shape index (κ1) is 75.9. The van der Waals surface area contributed by atoms with Crippen LogP contribution in [0.2, 0.25) is 0 Å². The molecule has 0 bridgehead atoms. The van der Waals surface area contributed by atoms with Crippen molar-refractivity contribution >= 4 is 0 Å². The van der Waals surface area contributed by atoms with Crippen molar-refractivity contribution in [2.75, 3.05) is 0 Å². The highest BCUT2D eigenvalue weighted by Crippen LogP contribution is 2.29. The van der Waals surface area contributed by atoms with Gasteiger partial charge in [0.25, 0.3) is 0 Å². The van der Waals surface area contributed by atoms with Crippen LogP contribution in [-0.2, 0) is 0 Å². The Morgan fingerprint density at radius 2 is 0.438 bits per heavy atom. The maximum absolute atomic E-state index is 12.6. The van der Waals surface area contributed by atoms with E-state index in [4.69, 9.17) is 0 Å². The topological polar surface area (TPSA) is 0 Å². The van der Waals surface area contributed by atoms with Crippen LogP contribution in [0.1, 0.15) is 248 Å². The number of rotatable bonds is 0. The molecule has 0 spiro atoms. The van der Waals surface area contributed by atoms with E-state index in [0.717, 1.165) is 52.9 Å². The van der Waals surface area contributed by atoms with Gasteiger partial charge in [0.1, 0.15) is 5.82 Å². The lowest BCUT2D eigenvalue weighted by atomic mass is 9.84. The standard InChI is InChI=1S/C8H9F.4C8H16.2C8H10.7CH4.3H2/c1-6-3-4-7(2)8(9)5-6;6*1-7-3-5-8(2)6-4-7;;;;;;;;;;/h3-5H,1-2H3;4*7-8H,3-6H2,1-2H3;2*3-6H,1-2H3;7*1H4;3*1H/i;;;;;;;;;;;;;;1+1;;. The molecule has 0 amide bonds. The minimum Gasteiger partial charge on any atom is -0.207 e. The second-order valence-corrected chi connectivity index (χ2v) is 20.0. The zero-order valence-corrected chi connectivity index (χ0v) is 40.2. The monoisotopic (exact) mass is 904 g/mol. The maximum Gasteiger partial charge on any atom is 0.126 e. The van der Waals surface area contributed by atoms with Crippen LogP contribution in [0.3, 0.4) is 0 Å². The maximum atomic E-state index is 12.6. The second-order valence-electron chi connectivity index (χ2n) is 20.0. The number of hydrogen-bond donors (Lipinski definition) is 0. The molecule has 4 saturated carbocycles. The lowest BCUT2D eigenvalue weighted by Gasteiger charge is -2.22. The summed E-state index contributed by atoms with van der Waals surface area (Å²) in [6, 6.07) is 22.2. The molecule has 3 aromatic rings. The van der Waals surface area contributed by atoms with Crippen molar-refractivity contribution in [3.63, 3.8) is 0 Å². The molecule has 0 radical (unpaired) electrons. The van der Waals surface area contributed by atoms with Gasteiger partial charge >= 0.3 is 0 Å². The molecule has 0 aromatic heterocycles. The Balaban J connectivity index is -0.0000000690. The third-order valence-corrected chi connectivity index (χ3v) is 13.0. The molecule has 386 valence electrons. The van der Waals surface area contributed by atoms with Gasteiger partial charge in [0.15, 0.2) is 0 Å². The van der Waals surface area contributed by atoms with Gasteiger partial charge in [-0.15, -0.1) is 0 Å². The van der Waals surface area contributed by atoms with Crippen LogP contribution >= 0.6 is 0 Å². The molecule has 64 heavy (non-hydrogen) atoms. The molecule has 4 aliphatic carbocycles. The zero-order valence-electron chi connectivity index (χ0n) is 40.2. The summed E-state index contributed by atoms with van der Waals surface area (Å²) >= 11 is 0. The molecule has 0 atom stereocenters. The molecule has 0 nitrogen and oxygen atoms in total. The van der Waals surface area contributed by atoms with Gasteiger partial charge < -0.3 is 0 Å². The summed E-state index contributed by atoms with van der Waals surface area (Å²) in [6.07, 6.45) is 23.6. The summed E-state index contributed by atoms with van der Waals surface area (Å²) in [5.41, 5.74) is 7.00. The molecule has 0 aliphatic heterocycles. The summed E-state index contributed by atoms with van der Waals surface area (Å²) in [6.45, 7) is 31.0. The number of halogens is 1. The van der Waals surface area contributed by atoms with Gasteiger partial charge in [0, 0.05) is 4.28 Å². The van der Waals surface area contributed by atoms with Crippen molar-refractivity contribution < 1.29 is 8.67 Å². The van der Waals surface area contributed by atoms with E-state index < -0.39 is 0 Å². The van der Waals surface area contributed by atoms with Crippen molar-refractivity contribution in [1.82, 2.24) is 0 Å². The Labute approximate surface area is 412 Å². The Morgan fingerprint density at radius 3 is 0.562 bits per heavy atom. The van der Waals surface area contributed by atoms with E-state index in [-0.39, 0.29) is 62.1 Å². The van der Waals surface area contributed by atoms with Gasteiger partial charge in [-0.2, -0.15) is 0 Å². The predicted octanol–water partition coefficient (Wildman–Crippen LogP) is 23.6. The zero-order chi connectivity index (χ0) is 42.8. The normalized spacial score (nSPS) is 23.5. The quantitative estimate of drug-likeness (QED) is 0.211. The number of benzene rings is 3. The van der Waals surface area contributed by atoms with Gasteiger partial charge in [-0.25, -0.2) is 4.39 Å². The van der Waals surface area contributed by atoms with Crippen molar-refractivity contribution in [1.29, 1.82) is 0 Å². The van der Waals surface area contributed by atoms with Gasteiger partial charge in [-0.1, -0.05) is 293 Å². The molecule has 0 unspecified atom stereocenters. The highest BCUT2D eigenvalue weighted by molar-refractivity contribution is 5.22. The minimum atomic E-state index is -0.116. The third-order valence-electron chi connectivity index (χ3n) is 13.0. The van der Waals surface area contributed by atoms with E-state index >= 15 is 0 Å². The number of aryl methyl sites for hydroxylation is 6. The van der Waals surface area contributed by atoms with Crippen LogP contribution in [0.15, 0.2) is 66.7 Å². The van der Waals surface area contributed by atoms with Gasteiger partial charge in [0.05, 0.1) is 0 Å². The molecule has 0 saturated heterocycles. The van der Waals surface area contributed by atoms with E-state index in [1.54, 1.807) is 13.0 Å². The molecule has 0 heterocycles. The number of hydrogen-bond acceptors (Lipinski definition) is 0. The lowest BCUT2D eigenvalue weighted by Crippen LogP contribution is -2.08. The largest absolute Gasteiger partial charge is 0.207 e. The average molecular weight is 905 g/mol. The lowest BCUT2D eigenvalue weighted by molar-refractivity contribution is 0.308. The van der Waals surface area contributed by atoms with Crippen molar-refractivity contribution in [3.8, 4) is 0 Å². The van der Waals surface area contributed by atoms with E-state index in [9.17, 15) is 4.39 Å². The smallest absolute Gasteiger partial charge is 0.126 e. The Hall–Kier alpha value is -2.41. The molecular formula is C63H127F. The minimum absolute atomic E-state index is 0. The fourth-order valence-electron chi connectivity index (χ4n) is 7.68. The van der Waals surface area contributed by atoms with E-state index in [1.165, 1.54) is 131 Å². The van der Waals surface area contributed by atoms with E-state index in [2.05, 4.69) is 132 Å². The molecule has 7 rings (SSSR count). The fraction of sp³-hybridized carbons (Fsp3) is 0.714. The van der Waals surface area contributed by atoms with E-state index in [1.807, 2.05) is 13.0 Å². The van der Waals surface area contributed by atoms with Crippen LogP contribution < -0.4 is 0 Å². The molecule has 3 aromatic carbocycles. The SMILES string of the molecule is C.C.C.C.C.C.C.CC1CCC(C)CC1.CC1CCC(C)CC1.CC1CCC(C)CC1.CC1CCC(C)CC1.Cc1ccc(C)c(F)c1.Cc1ccc(C)cc1.Cc1ccc(C)cc1.[2HH].[HH].[HH]. The van der Waals surface area contributed by atoms with Crippen LogP contribution in [0.25, 0.3) is 0 Å². The van der Waals surface area contributed by atoms with Crippen LogP contribution in [0.4, 0.5) is 4.39 Å². The van der Waals surface area contributed by atoms with E-state index in [0.29, 0.717) is 5.56 Å². The molecule has 1 heteroatoms. The second kappa shape index (κ2) is 44.4. The Kier molecular flexibility index (Phi) is 52.7. The van der Waals surface area contributed by atoms with Gasteiger partial charge in [0.2, 0.25) is 0 Å². The van der Waals surface area contributed by atoms with Crippen LogP contribution in [0.5, 0.6) is 0 Å². The Bertz CT molecular complexity index is 1170. The van der Waals surface area contributed by atoms with Gasteiger partial charge in [-0.3, -0.25) is 0 Å². The first-order chi connectivity index (χ1) is 26.9. The summed E-state index contributed by atoms with van der Waals surface area (Å²) in [5, 5.41) is 0. The first-order valence-electron chi connectivity index (χ1n) is 23.7. The van der Waals surface area contributed by atoms with Crippen LogP contribution in [-0.4, -0.2) is 0 Å². The molecule has 4 aliphatic rings. The van der Waals surface area contributed by atoms with Crippen molar-refractivity contribution in [2.24, 2.45) is 47.3 Å². The van der Waals surface area contributed by atoms with Crippen molar-refractivity contribution in [2.45, 2.75) is 252 Å².